The monoisotopic (exact) mass is 662 g/mol. The molecular weight excluding hydrogens is 628 g/mol. The number of hydrogen-bond acceptors (Lipinski definition) is 8. The van der Waals surface area contributed by atoms with Crippen molar-refractivity contribution in [3.63, 3.8) is 0 Å². The van der Waals surface area contributed by atoms with Gasteiger partial charge in [-0.2, -0.15) is 10.4 Å². The van der Waals surface area contributed by atoms with Crippen LogP contribution in [0, 0.1) is 11.3 Å². The van der Waals surface area contributed by atoms with Crippen molar-refractivity contribution < 1.29 is 27.5 Å². The molecule has 244 valence electrons. The first-order valence-corrected chi connectivity index (χ1v) is 17.5. The number of amides is 2. The highest BCUT2D eigenvalue weighted by atomic mass is 32.2. The molecule has 4 aromatic rings. The van der Waals surface area contributed by atoms with Crippen LogP contribution in [0.15, 0.2) is 96.2 Å². The number of ether oxygens (including phenoxy) is 2. The first kappa shape index (κ1) is 32.5. The van der Waals surface area contributed by atoms with Gasteiger partial charge >= 0.3 is 0 Å². The average molecular weight is 663 g/mol. The highest BCUT2D eigenvalue weighted by Crippen LogP contribution is 2.39. The van der Waals surface area contributed by atoms with E-state index in [9.17, 15) is 23.3 Å². The second-order valence-corrected chi connectivity index (χ2v) is 13.9. The molecule has 48 heavy (non-hydrogen) atoms. The zero-order valence-corrected chi connectivity index (χ0v) is 27.4. The van der Waals surface area contributed by atoms with Crippen molar-refractivity contribution in [2.24, 2.45) is 0 Å². The fraction of sp³-hybridized carbons (Fsp3) is 0.243. The Hall–Kier alpha value is -5.47. The van der Waals surface area contributed by atoms with Crippen LogP contribution in [-0.4, -0.2) is 66.2 Å². The fourth-order valence-corrected chi connectivity index (χ4v) is 7.65. The molecule has 11 heteroatoms. The van der Waals surface area contributed by atoms with Crippen molar-refractivity contribution in [2.75, 3.05) is 25.2 Å². The molecule has 0 aliphatic carbocycles. The van der Waals surface area contributed by atoms with E-state index in [-0.39, 0.29) is 34.6 Å². The minimum absolute atomic E-state index is 0.0739. The number of sulfone groups is 1. The molecule has 0 bridgehead atoms. The van der Waals surface area contributed by atoms with Crippen LogP contribution in [0.3, 0.4) is 0 Å². The van der Waals surface area contributed by atoms with Crippen LogP contribution in [0.4, 0.5) is 0 Å². The van der Waals surface area contributed by atoms with E-state index in [4.69, 9.17) is 14.6 Å². The Kier molecular flexibility index (Phi) is 9.28. The number of nitrogens with zero attached hydrogens (tertiary/aromatic N) is 4. The smallest absolute Gasteiger partial charge is 0.272 e. The number of carbonyl (C=O) groups is 2. The Morgan fingerprint density at radius 3 is 2.42 bits per heavy atom. The van der Waals surface area contributed by atoms with E-state index >= 15 is 0 Å². The predicted octanol–water partition coefficient (Wildman–Crippen LogP) is 5.64. The molecule has 3 heterocycles. The van der Waals surface area contributed by atoms with Crippen molar-refractivity contribution in [3.05, 3.63) is 107 Å². The van der Waals surface area contributed by atoms with Gasteiger partial charge in [0.05, 0.1) is 42.5 Å². The van der Waals surface area contributed by atoms with Gasteiger partial charge in [0.15, 0.2) is 9.84 Å². The van der Waals surface area contributed by atoms with E-state index in [1.54, 1.807) is 41.2 Å². The van der Waals surface area contributed by atoms with E-state index in [0.717, 1.165) is 29.0 Å². The van der Waals surface area contributed by atoms with E-state index in [1.807, 2.05) is 60.7 Å². The summed E-state index contributed by atoms with van der Waals surface area (Å²) in [5.74, 6) is -0.757. The van der Waals surface area contributed by atoms with Gasteiger partial charge in [-0.3, -0.25) is 14.5 Å². The van der Waals surface area contributed by atoms with Gasteiger partial charge < -0.3 is 9.47 Å². The zero-order valence-electron chi connectivity index (χ0n) is 26.6. The lowest BCUT2D eigenvalue weighted by atomic mass is 9.86. The topological polar surface area (TPSA) is 132 Å². The molecule has 6 rings (SSSR count). The van der Waals surface area contributed by atoms with Crippen molar-refractivity contribution in [1.29, 1.82) is 5.26 Å². The second-order valence-electron chi connectivity index (χ2n) is 11.6. The number of unbranched alkanes of at least 4 members (excludes halogenated alkanes) is 1. The van der Waals surface area contributed by atoms with Gasteiger partial charge in [0, 0.05) is 22.9 Å². The molecule has 0 saturated carbocycles. The van der Waals surface area contributed by atoms with E-state index < -0.39 is 27.7 Å². The molecule has 2 aliphatic heterocycles. The SMILES string of the molecule is CCCCOc1cccc(-c2nn(-c3ccccc3)cc2/C=C2\C(=O)N(C3CCS(=O)(=O)C3)C(=O)C(C#N)=C2c2ccc(OC)cc2)c1. The maximum absolute atomic E-state index is 14.5. The minimum atomic E-state index is -3.45. The van der Waals surface area contributed by atoms with E-state index in [0.29, 0.717) is 34.9 Å². The lowest BCUT2D eigenvalue weighted by Gasteiger charge is -2.32. The van der Waals surface area contributed by atoms with Crippen LogP contribution < -0.4 is 9.47 Å². The maximum atomic E-state index is 14.5. The summed E-state index contributed by atoms with van der Waals surface area (Å²) in [4.78, 5) is 29.2. The molecule has 3 aromatic carbocycles. The molecule has 0 spiro atoms. The van der Waals surface area contributed by atoms with Gasteiger partial charge in [0.2, 0.25) is 0 Å². The van der Waals surface area contributed by atoms with Crippen LogP contribution in [0.5, 0.6) is 11.5 Å². The summed E-state index contributed by atoms with van der Waals surface area (Å²) in [6.07, 6.45) is 5.42. The quantitative estimate of drug-likeness (QED) is 0.121. The lowest BCUT2D eigenvalue weighted by molar-refractivity contribution is -0.142. The summed E-state index contributed by atoms with van der Waals surface area (Å²) >= 11 is 0. The third-order valence-corrected chi connectivity index (χ3v) is 10.2. The first-order valence-electron chi connectivity index (χ1n) is 15.7. The number of nitriles is 1. The van der Waals surface area contributed by atoms with Gasteiger partial charge in [-0.15, -0.1) is 0 Å². The molecule has 0 N–H and O–H groups in total. The fourth-order valence-electron chi connectivity index (χ4n) is 5.95. The summed E-state index contributed by atoms with van der Waals surface area (Å²) in [6.45, 7) is 2.66. The molecule has 1 atom stereocenters. The normalized spacial score (nSPS) is 18.3. The van der Waals surface area contributed by atoms with Crippen molar-refractivity contribution in [3.8, 4) is 34.5 Å². The molecule has 1 unspecified atom stereocenters. The molecule has 1 saturated heterocycles. The van der Waals surface area contributed by atoms with Crippen LogP contribution in [0.1, 0.15) is 37.3 Å². The van der Waals surface area contributed by atoms with Gasteiger partial charge in [-0.1, -0.05) is 55.8 Å². The third kappa shape index (κ3) is 6.52. The number of para-hydroxylation sites is 1. The Bertz CT molecular complexity index is 2080. The number of methoxy groups -OCH3 is 1. The predicted molar refractivity (Wildman–Crippen MR) is 182 cm³/mol. The lowest BCUT2D eigenvalue weighted by Crippen LogP contribution is -2.49. The minimum Gasteiger partial charge on any atom is -0.497 e. The maximum Gasteiger partial charge on any atom is 0.272 e. The third-order valence-electron chi connectivity index (χ3n) is 8.40. The summed E-state index contributed by atoms with van der Waals surface area (Å²) in [6, 6.07) is 24.9. The van der Waals surface area contributed by atoms with Gasteiger partial charge in [-0.05, 0) is 60.9 Å². The van der Waals surface area contributed by atoms with Gasteiger partial charge in [0.1, 0.15) is 28.8 Å². The molecule has 2 aliphatic rings. The first-order chi connectivity index (χ1) is 23.2. The standard InChI is InChI=1S/C37H34N4O6S/c1-3-4-18-47-31-12-8-9-26(20-31)35-27(23-40(39-35)28-10-6-5-7-11-28)21-32-34(25-13-15-30(46-2)16-14-25)33(22-38)37(43)41(36(32)42)29-17-19-48(44,45)24-29/h5-16,20-21,23,29H,3-4,17-19,24H2,1-2H3/b32-21-. The molecule has 1 aromatic heterocycles. The number of imide groups is 1. The number of aromatic nitrogens is 2. The molecule has 1 fully saturated rings. The number of carbonyl (C=O) groups excluding carboxylic acids is 2. The van der Waals surface area contributed by atoms with Crippen LogP contribution >= 0.6 is 0 Å². The molecular formula is C37H34N4O6S. The number of hydrogen-bond donors (Lipinski definition) is 0. The number of benzene rings is 3. The average Bonchev–Trinajstić information content (AvgIpc) is 3.69. The van der Waals surface area contributed by atoms with Gasteiger partial charge in [0.25, 0.3) is 11.8 Å². The van der Waals surface area contributed by atoms with Crippen molar-refractivity contribution in [2.45, 2.75) is 32.2 Å². The largest absolute Gasteiger partial charge is 0.497 e. The summed E-state index contributed by atoms with van der Waals surface area (Å²) < 4.78 is 37.9. The highest BCUT2D eigenvalue weighted by molar-refractivity contribution is 7.91. The van der Waals surface area contributed by atoms with Crippen LogP contribution in [0.25, 0.3) is 28.6 Å². The van der Waals surface area contributed by atoms with E-state index in [1.165, 1.54) is 7.11 Å². The molecule has 2 amide bonds. The van der Waals surface area contributed by atoms with Crippen molar-refractivity contribution >= 4 is 33.3 Å². The second kappa shape index (κ2) is 13.7. The summed E-state index contributed by atoms with van der Waals surface area (Å²) in [5, 5.41) is 15.3. The summed E-state index contributed by atoms with van der Waals surface area (Å²) in [5.41, 5.74) is 3.04. The Balaban J connectivity index is 1.56. The highest BCUT2D eigenvalue weighted by Gasteiger charge is 2.45. The Morgan fingerprint density at radius 1 is 0.979 bits per heavy atom. The zero-order chi connectivity index (χ0) is 33.8. The van der Waals surface area contributed by atoms with E-state index in [2.05, 4.69) is 6.92 Å². The van der Waals surface area contributed by atoms with Crippen molar-refractivity contribution in [1.82, 2.24) is 14.7 Å². The summed E-state index contributed by atoms with van der Waals surface area (Å²) in [7, 11) is -1.93. The van der Waals surface area contributed by atoms with Crippen LogP contribution in [-0.2, 0) is 19.4 Å². The Morgan fingerprint density at radius 2 is 1.75 bits per heavy atom. The molecule has 0 radical (unpaired) electrons. The molecule has 10 nitrogen and oxygen atoms in total. The van der Waals surface area contributed by atoms with Crippen LogP contribution in [0.2, 0.25) is 0 Å². The van der Waals surface area contributed by atoms with Gasteiger partial charge in [-0.25, -0.2) is 13.1 Å². The number of rotatable bonds is 10. The Labute approximate surface area is 279 Å².